The molecular weight excluding hydrogens is 464 g/mol. The Labute approximate surface area is 219 Å². The van der Waals surface area contributed by atoms with Crippen molar-refractivity contribution in [1.29, 1.82) is 0 Å². The third-order valence-electron chi connectivity index (χ3n) is 10.3. The van der Waals surface area contributed by atoms with Crippen LogP contribution in [0.3, 0.4) is 0 Å². The van der Waals surface area contributed by atoms with Gasteiger partial charge in [-0.05, 0) is 85.8 Å². The predicted octanol–water partition coefficient (Wildman–Crippen LogP) is 4.99. The van der Waals surface area contributed by atoms with Gasteiger partial charge in [-0.1, -0.05) is 19.9 Å². The Bertz CT molecular complexity index is 1190. The number of hydrogen-bond donors (Lipinski definition) is 1. The summed E-state index contributed by atoms with van der Waals surface area (Å²) in [7, 11) is 0. The number of benzene rings is 1. The molecule has 3 heterocycles. The Morgan fingerprint density at radius 1 is 1.05 bits per heavy atom. The lowest BCUT2D eigenvalue weighted by molar-refractivity contribution is -0.151. The second kappa shape index (κ2) is 8.69. The molecule has 0 spiro atoms. The largest absolute Gasteiger partial charge is 0.486 e. The summed E-state index contributed by atoms with van der Waals surface area (Å²) in [6.45, 7) is 8.05. The second-order valence-corrected chi connectivity index (χ2v) is 12.9. The predicted molar refractivity (Wildman–Crippen MR) is 140 cm³/mol. The molecule has 6 aliphatic rings. The van der Waals surface area contributed by atoms with Crippen molar-refractivity contribution in [3.05, 3.63) is 41.3 Å². The standard InChI is InChI=1S/C30H38N4O3/c1-29(2,30-13-20-9-21(14-30)11-22(10-20)15-30)28(35)33-27-23-5-6-34(17-24(23)31-18-32-27)16-19-3-4-25-26(12-19)37-8-7-36-25/h3-4,12,18,20-22H,5-11,13-17H2,1-2H3,(H,31,32,33,35). The number of carbonyl (C=O) groups is 1. The van der Waals surface area contributed by atoms with Crippen LogP contribution in [0, 0.1) is 28.6 Å². The Morgan fingerprint density at radius 3 is 2.49 bits per heavy atom. The average molecular weight is 503 g/mol. The summed E-state index contributed by atoms with van der Waals surface area (Å²) in [6, 6.07) is 6.20. The van der Waals surface area contributed by atoms with Crippen LogP contribution in [0.15, 0.2) is 24.5 Å². The first-order chi connectivity index (χ1) is 17.9. The summed E-state index contributed by atoms with van der Waals surface area (Å²) in [5, 5.41) is 3.30. The number of anilines is 1. The van der Waals surface area contributed by atoms with Crippen LogP contribution < -0.4 is 14.8 Å². The van der Waals surface area contributed by atoms with Gasteiger partial charge in [0.05, 0.1) is 5.69 Å². The highest BCUT2D eigenvalue weighted by Crippen LogP contribution is 2.66. The van der Waals surface area contributed by atoms with Crippen molar-refractivity contribution in [2.75, 3.05) is 25.1 Å². The molecule has 0 radical (unpaired) electrons. The molecule has 1 N–H and O–H groups in total. The zero-order chi connectivity index (χ0) is 25.2. The van der Waals surface area contributed by atoms with Crippen LogP contribution in [0.4, 0.5) is 5.82 Å². The fourth-order valence-electron chi connectivity index (χ4n) is 8.48. The lowest BCUT2D eigenvalue weighted by atomic mass is 9.43. The summed E-state index contributed by atoms with van der Waals surface area (Å²) in [5.74, 6) is 4.97. The normalized spacial score (nSPS) is 30.2. The molecule has 196 valence electrons. The molecule has 2 aliphatic heterocycles. The maximum absolute atomic E-state index is 13.9. The van der Waals surface area contributed by atoms with Gasteiger partial charge < -0.3 is 14.8 Å². The molecule has 4 fully saturated rings. The Kier molecular flexibility index (Phi) is 5.50. The van der Waals surface area contributed by atoms with E-state index in [2.05, 4.69) is 46.2 Å². The van der Waals surface area contributed by atoms with E-state index in [0.29, 0.717) is 19.0 Å². The van der Waals surface area contributed by atoms with Crippen LogP contribution in [-0.2, 0) is 24.3 Å². The Balaban J connectivity index is 1.06. The molecule has 4 aliphatic carbocycles. The van der Waals surface area contributed by atoms with Crippen molar-refractivity contribution in [1.82, 2.24) is 14.9 Å². The monoisotopic (exact) mass is 502 g/mol. The number of nitrogens with zero attached hydrogens (tertiary/aromatic N) is 3. The highest BCUT2D eigenvalue weighted by molar-refractivity contribution is 5.95. The fraction of sp³-hybridized carbons (Fsp3) is 0.633. The lowest BCUT2D eigenvalue weighted by Crippen LogP contribution is -2.56. The van der Waals surface area contributed by atoms with Gasteiger partial charge in [-0.15, -0.1) is 0 Å². The summed E-state index contributed by atoms with van der Waals surface area (Å²) in [5.41, 5.74) is 3.05. The molecule has 1 amide bonds. The molecule has 4 bridgehead atoms. The number of amides is 1. The minimum Gasteiger partial charge on any atom is -0.486 e. The minimum atomic E-state index is -0.403. The van der Waals surface area contributed by atoms with Crippen molar-refractivity contribution >= 4 is 11.7 Å². The van der Waals surface area contributed by atoms with Gasteiger partial charge in [0.2, 0.25) is 5.91 Å². The molecule has 37 heavy (non-hydrogen) atoms. The molecular formula is C30H38N4O3. The van der Waals surface area contributed by atoms with Crippen molar-refractivity contribution < 1.29 is 14.3 Å². The van der Waals surface area contributed by atoms with E-state index in [-0.39, 0.29) is 11.3 Å². The van der Waals surface area contributed by atoms with Gasteiger partial charge in [-0.25, -0.2) is 9.97 Å². The van der Waals surface area contributed by atoms with Crippen LogP contribution in [0.1, 0.15) is 69.2 Å². The molecule has 0 atom stereocenters. The Hall–Kier alpha value is -2.67. The SMILES string of the molecule is CC(C)(C(=O)Nc1ncnc2c1CCN(Cc1ccc3c(c1)OCCO3)C2)C12CC3CC(CC(C3)C1)C2. The zero-order valence-corrected chi connectivity index (χ0v) is 22.1. The first kappa shape index (κ1) is 23.4. The highest BCUT2D eigenvalue weighted by Gasteiger charge is 2.59. The number of nitrogens with one attached hydrogen (secondary N) is 1. The number of carbonyl (C=O) groups excluding carboxylic acids is 1. The van der Waals surface area contributed by atoms with Gasteiger partial charge in [-0.2, -0.15) is 0 Å². The van der Waals surface area contributed by atoms with Crippen LogP contribution >= 0.6 is 0 Å². The van der Waals surface area contributed by atoms with Gasteiger partial charge >= 0.3 is 0 Å². The molecule has 1 aromatic carbocycles. The van der Waals surface area contributed by atoms with Gasteiger partial charge in [0, 0.05) is 30.6 Å². The van der Waals surface area contributed by atoms with E-state index >= 15 is 0 Å². The molecule has 0 saturated heterocycles. The average Bonchev–Trinajstić information content (AvgIpc) is 2.88. The first-order valence-corrected chi connectivity index (χ1v) is 14.1. The molecule has 1 aromatic heterocycles. The van der Waals surface area contributed by atoms with E-state index in [0.717, 1.165) is 66.6 Å². The quantitative estimate of drug-likeness (QED) is 0.621. The van der Waals surface area contributed by atoms with E-state index in [1.54, 1.807) is 6.33 Å². The molecule has 2 aromatic rings. The van der Waals surface area contributed by atoms with Crippen LogP contribution in [-0.4, -0.2) is 40.5 Å². The van der Waals surface area contributed by atoms with Crippen molar-refractivity contribution in [2.24, 2.45) is 28.6 Å². The van der Waals surface area contributed by atoms with Gasteiger partial charge in [0.15, 0.2) is 11.5 Å². The van der Waals surface area contributed by atoms with E-state index in [4.69, 9.17) is 9.47 Å². The van der Waals surface area contributed by atoms with E-state index < -0.39 is 5.41 Å². The van der Waals surface area contributed by atoms with E-state index in [9.17, 15) is 4.79 Å². The molecule has 0 unspecified atom stereocenters. The third-order valence-corrected chi connectivity index (χ3v) is 10.3. The fourth-order valence-corrected chi connectivity index (χ4v) is 8.48. The highest BCUT2D eigenvalue weighted by atomic mass is 16.6. The van der Waals surface area contributed by atoms with Gasteiger partial charge in [0.1, 0.15) is 25.4 Å². The zero-order valence-electron chi connectivity index (χ0n) is 22.1. The summed E-state index contributed by atoms with van der Waals surface area (Å²) in [4.78, 5) is 25.4. The number of fused-ring (bicyclic) bond motifs is 2. The summed E-state index contributed by atoms with van der Waals surface area (Å²) in [6.07, 6.45) is 10.3. The minimum absolute atomic E-state index is 0.133. The van der Waals surface area contributed by atoms with Crippen molar-refractivity contribution in [2.45, 2.75) is 71.9 Å². The van der Waals surface area contributed by atoms with Crippen molar-refractivity contribution in [3.63, 3.8) is 0 Å². The smallest absolute Gasteiger partial charge is 0.231 e. The number of aromatic nitrogens is 2. The van der Waals surface area contributed by atoms with E-state index in [1.165, 1.54) is 44.1 Å². The van der Waals surface area contributed by atoms with Crippen LogP contribution in [0.5, 0.6) is 11.5 Å². The first-order valence-electron chi connectivity index (χ1n) is 14.1. The summed E-state index contributed by atoms with van der Waals surface area (Å²) < 4.78 is 11.4. The van der Waals surface area contributed by atoms with Crippen molar-refractivity contribution in [3.8, 4) is 11.5 Å². The molecule has 4 saturated carbocycles. The maximum atomic E-state index is 13.9. The topological polar surface area (TPSA) is 76.6 Å². The second-order valence-electron chi connectivity index (χ2n) is 12.9. The van der Waals surface area contributed by atoms with Gasteiger partial charge in [0.25, 0.3) is 0 Å². The number of hydrogen-bond acceptors (Lipinski definition) is 6. The molecule has 7 heteroatoms. The van der Waals surface area contributed by atoms with Crippen LogP contribution in [0.2, 0.25) is 0 Å². The lowest BCUT2D eigenvalue weighted by Gasteiger charge is -2.61. The van der Waals surface area contributed by atoms with E-state index in [1.807, 2.05) is 6.07 Å². The molecule has 7 nitrogen and oxygen atoms in total. The number of ether oxygens (including phenoxy) is 2. The van der Waals surface area contributed by atoms with Crippen LogP contribution in [0.25, 0.3) is 0 Å². The maximum Gasteiger partial charge on any atom is 0.231 e. The summed E-state index contributed by atoms with van der Waals surface area (Å²) >= 11 is 0. The molecule has 8 rings (SSSR count). The number of rotatable bonds is 5. The third kappa shape index (κ3) is 4.01. The Morgan fingerprint density at radius 2 is 1.76 bits per heavy atom. The van der Waals surface area contributed by atoms with Gasteiger partial charge in [-0.3, -0.25) is 9.69 Å².